The van der Waals surface area contributed by atoms with Crippen LogP contribution in [-0.4, -0.2) is 56.6 Å². The van der Waals surface area contributed by atoms with Crippen LogP contribution in [0.3, 0.4) is 0 Å². The highest BCUT2D eigenvalue weighted by Gasteiger charge is 2.28. The maximum Gasteiger partial charge on any atom is 0.310 e. The van der Waals surface area contributed by atoms with Gasteiger partial charge in [0, 0.05) is 19.2 Å². The van der Waals surface area contributed by atoms with E-state index in [-0.39, 0.29) is 23.4 Å². The van der Waals surface area contributed by atoms with Gasteiger partial charge in [-0.1, -0.05) is 12.1 Å². The minimum Gasteiger partial charge on any atom is -0.497 e. The van der Waals surface area contributed by atoms with E-state index in [1.54, 1.807) is 31.4 Å². The first-order valence-corrected chi connectivity index (χ1v) is 11.3. The molecule has 0 N–H and O–H groups in total. The Labute approximate surface area is 193 Å². The predicted octanol–water partition coefficient (Wildman–Crippen LogP) is 3.97. The van der Waals surface area contributed by atoms with E-state index in [9.17, 15) is 9.59 Å². The molecular weight excluding hydrogens is 422 g/mol. The zero-order chi connectivity index (χ0) is 23.2. The number of fused-ring (bicyclic) bond motifs is 1. The topological polar surface area (TPSA) is 74.3 Å². The van der Waals surface area contributed by atoms with Crippen molar-refractivity contribution in [2.45, 2.75) is 19.8 Å². The second kappa shape index (κ2) is 10.5. The molecule has 0 aromatic heterocycles. The van der Waals surface area contributed by atoms with Gasteiger partial charge >= 0.3 is 5.97 Å². The smallest absolute Gasteiger partial charge is 0.310 e. The van der Waals surface area contributed by atoms with Crippen LogP contribution in [0.4, 0.5) is 0 Å². The molecule has 4 rings (SSSR count). The first-order chi connectivity index (χ1) is 16.1. The van der Waals surface area contributed by atoms with Crippen LogP contribution in [0, 0.1) is 5.92 Å². The van der Waals surface area contributed by atoms with Crippen molar-refractivity contribution in [3.8, 4) is 17.2 Å². The van der Waals surface area contributed by atoms with Gasteiger partial charge in [-0.15, -0.1) is 0 Å². The molecule has 0 radical (unpaired) electrons. The average molecular weight is 452 g/mol. The number of hydrogen-bond donors (Lipinski definition) is 0. The third kappa shape index (κ3) is 5.54. The molecule has 1 saturated heterocycles. The Kier molecular flexibility index (Phi) is 7.29. The molecule has 7 nitrogen and oxygen atoms in total. The molecule has 2 aromatic rings. The molecule has 33 heavy (non-hydrogen) atoms. The first-order valence-electron chi connectivity index (χ1n) is 11.3. The Balaban J connectivity index is 1.32. The predicted molar refractivity (Wildman–Crippen MR) is 124 cm³/mol. The zero-order valence-corrected chi connectivity index (χ0v) is 19.0. The second-order valence-corrected chi connectivity index (χ2v) is 8.11. The van der Waals surface area contributed by atoms with Crippen LogP contribution in [0.25, 0.3) is 6.08 Å². The summed E-state index contributed by atoms with van der Waals surface area (Å²) in [7, 11) is 1.61. The van der Waals surface area contributed by atoms with Crippen LogP contribution in [0.1, 0.15) is 35.7 Å². The number of carbonyl (C=O) groups is 2. The van der Waals surface area contributed by atoms with Crippen LogP contribution in [-0.2, 0) is 9.53 Å². The summed E-state index contributed by atoms with van der Waals surface area (Å²) < 4.78 is 22.1. The fourth-order valence-electron chi connectivity index (χ4n) is 4.11. The maximum absolute atomic E-state index is 12.7. The summed E-state index contributed by atoms with van der Waals surface area (Å²) in [6.45, 7) is 5.09. The van der Waals surface area contributed by atoms with E-state index >= 15 is 0 Å². The maximum atomic E-state index is 12.7. The molecule has 0 saturated carbocycles. The van der Waals surface area contributed by atoms with E-state index in [0.717, 1.165) is 37.2 Å². The molecule has 2 heterocycles. The first kappa shape index (κ1) is 22.9. The van der Waals surface area contributed by atoms with Crippen LogP contribution in [0.15, 0.2) is 48.2 Å². The lowest BCUT2D eigenvalue weighted by Gasteiger charge is -2.31. The largest absolute Gasteiger partial charge is 0.497 e. The van der Waals surface area contributed by atoms with Crippen molar-refractivity contribution in [1.82, 2.24) is 4.90 Å². The number of ether oxygens (including phenoxy) is 4. The number of nitrogens with zero attached hydrogens (tertiary/aromatic N) is 1. The standard InChI is InChI=1S/C26H29NO6/c1-3-31-26(29)19-5-4-12-27(17-19)13-14-32-21-10-11-22-23(16-21)33-24(25(22)28)15-18-6-8-20(30-2)9-7-18/h6-11,15-16,19H,3-5,12-14,17H2,1-2H3/b24-15-. The third-order valence-corrected chi connectivity index (χ3v) is 5.86. The molecule has 7 heteroatoms. The minimum atomic E-state index is -0.148. The summed E-state index contributed by atoms with van der Waals surface area (Å²) in [6.07, 6.45) is 3.57. The summed E-state index contributed by atoms with van der Waals surface area (Å²) in [5, 5.41) is 0. The highest BCUT2D eigenvalue weighted by atomic mass is 16.5. The van der Waals surface area contributed by atoms with Gasteiger partial charge in [-0.2, -0.15) is 0 Å². The number of carbonyl (C=O) groups excluding carboxylic acids is 2. The Bertz CT molecular complexity index is 1030. The van der Waals surface area contributed by atoms with Gasteiger partial charge in [-0.25, -0.2) is 0 Å². The van der Waals surface area contributed by atoms with Crippen molar-refractivity contribution in [2.75, 3.05) is 40.0 Å². The van der Waals surface area contributed by atoms with E-state index in [1.165, 1.54) is 0 Å². The number of esters is 1. The van der Waals surface area contributed by atoms with E-state index in [4.69, 9.17) is 18.9 Å². The van der Waals surface area contributed by atoms with E-state index < -0.39 is 0 Å². The van der Waals surface area contributed by atoms with Gasteiger partial charge in [0.2, 0.25) is 5.78 Å². The summed E-state index contributed by atoms with van der Waals surface area (Å²) in [5.74, 6) is 1.86. The van der Waals surface area contributed by atoms with Gasteiger partial charge in [-0.3, -0.25) is 14.5 Å². The molecule has 2 aliphatic heterocycles. The number of allylic oxidation sites excluding steroid dienone is 1. The second-order valence-electron chi connectivity index (χ2n) is 8.11. The van der Waals surface area contributed by atoms with E-state index in [0.29, 0.717) is 36.8 Å². The van der Waals surface area contributed by atoms with Crippen LogP contribution < -0.4 is 14.2 Å². The SMILES string of the molecule is CCOC(=O)C1CCCN(CCOc2ccc3c(c2)O/C(=C\c2ccc(OC)cc2)C3=O)C1. The highest BCUT2D eigenvalue weighted by molar-refractivity contribution is 6.14. The number of hydrogen-bond acceptors (Lipinski definition) is 7. The molecule has 1 atom stereocenters. The lowest BCUT2D eigenvalue weighted by molar-refractivity contribution is -0.150. The summed E-state index contributed by atoms with van der Waals surface area (Å²) in [4.78, 5) is 26.9. The lowest BCUT2D eigenvalue weighted by atomic mass is 9.98. The Morgan fingerprint density at radius 3 is 2.73 bits per heavy atom. The number of methoxy groups -OCH3 is 1. The zero-order valence-electron chi connectivity index (χ0n) is 19.0. The van der Waals surface area contributed by atoms with Crippen LogP contribution in [0.5, 0.6) is 17.2 Å². The van der Waals surface area contributed by atoms with E-state index in [2.05, 4.69) is 4.90 Å². The van der Waals surface area contributed by atoms with Gasteiger partial charge < -0.3 is 18.9 Å². The molecule has 174 valence electrons. The molecule has 1 unspecified atom stereocenters. The molecule has 0 bridgehead atoms. The molecule has 1 fully saturated rings. The molecule has 0 amide bonds. The number of benzene rings is 2. The fourth-order valence-corrected chi connectivity index (χ4v) is 4.11. The quantitative estimate of drug-likeness (QED) is 0.444. The van der Waals surface area contributed by atoms with Crippen molar-refractivity contribution >= 4 is 17.8 Å². The average Bonchev–Trinajstić information content (AvgIpc) is 3.14. The van der Waals surface area contributed by atoms with Crippen molar-refractivity contribution < 1.29 is 28.5 Å². The molecule has 0 aliphatic carbocycles. The van der Waals surface area contributed by atoms with Crippen molar-refractivity contribution in [3.63, 3.8) is 0 Å². The highest BCUT2D eigenvalue weighted by Crippen LogP contribution is 2.35. The third-order valence-electron chi connectivity index (χ3n) is 5.86. The fraction of sp³-hybridized carbons (Fsp3) is 0.385. The van der Waals surface area contributed by atoms with Crippen LogP contribution in [0.2, 0.25) is 0 Å². The number of likely N-dealkylation sites (tertiary alicyclic amines) is 1. The number of Topliss-reactive ketones (excluding diaryl/α,β-unsaturated/α-hetero) is 1. The number of ketones is 1. The van der Waals surface area contributed by atoms with Crippen LogP contribution >= 0.6 is 0 Å². The van der Waals surface area contributed by atoms with Gasteiger partial charge in [0.1, 0.15) is 23.9 Å². The lowest BCUT2D eigenvalue weighted by Crippen LogP contribution is -2.41. The van der Waals surface area contributed by atoms with Gasteiger partial charge in [0.05, 0.1) is 25.2 Å². The molecule has 0 spiro atoms. The summed E-state index contributed by atoms with van der Waals surface area (Å²) in [5.41, 5.74) is 1.38. The molecule has 2 aliphatic rings. The van der Waals surface area contributed by atoms with Crippen molar-refractivity contribution in [2.24, 2.45) is 5.92 Å². The summed E-state index contributed by atoms with van der Waals surface area (Å²) >= 11 is 0. The Morgan fingerprint density at radius 1 is 1.18 bits per heavy atom. The van der Waals surface area contributed by atoms with E-state index in [1.807, 2.05) is 31.2 Å². The molecule has 2 aromatic carbocycles. The summed E-state index contributed by atoms with van der Waals surface area (Å²) in [6, 6.07) is 12.7. The normalized spacial score (nSPS) is 19.2. The molecular formula is C26H29NO6. The van der Waals surface area contributed by atoms with Gasteiger partial charge in [0.25, 0.3) is 0 Å². The number of piperidine rings is 1. The van der Waals surface area contributed by atoms with Crippen molar-refractivity contribution in [3.05, 3.63) is 59.4 Å². The minimum absolute atomic E-state index is 0.0611. The van der Waals surface area contributed by atoms with Crippen molar-refractivity contribution in [1.29, 1.82) is 0 Å². The van der Waals surface area contributed by atoms with Gasteiger partial charge in [-0.05, 0) is 62.2 Å². The Morgan fingerprint density at radius 2 is 1.97 bits per heavy atom. The van der Waals surface area contributed by atoms with Gasteiger partial charge in [0.15, 0.2) is 5.76 Å². The monoisotopic (exact) mass is 451 g/mol. The number of rotatable bonds is 8. The Hall–Kier alpha value is -3.32.